The highest BCUT2D eigenvalue weighted by molar-refractivity contribution is 7.92. The molecule has 1 atom stereocenters. The maximum atomic E-state index is 14.1. The van der Waals surface area contributed by atoms with E-state index in [0.717, 1.165) is 9.87 Å². The Morgan fingerprint density at radius 3 is 2.14 bits per heavy atom. The number of carbonyl (C=O) groups excluding carboxylic acids is 2. The lowest BCUT2D eigenvalue weighted by Gasteiger charge is -2.32. The summed E-state index contributed by atoms with van der Waals surface area (Å²) in [6.45, 7) is 5.72. The topological polar surface area (TPSA) is 105 Å². The van der Waals surface area contributed by atoms with Gasteiger partial charge in [0.2, 0.25) is 11.8 Å². The summed E-state index contributed by atoms with van der Waals surface area (Å²) in [6.07, 6.45) is 0.484. The number of nitrogens with zero attached hydrogens (tertiary/aromatic N) is 2. The molecule has 0 heterocycles. The van der Waals surface area contributed by atoms with Crippen LogP contribution in [0.2, 0.25) is 5.02 Å². The van der Waals surface area contributed by atoms with Crippen molar-refractivity contribution in [3.8, 4) is 11.5 Å². The number of halogens is 1. The second-order valence-electron chi connectivity index (χ2n) is 10.1. The molecule has 0 radical (unpaired) electrons. The largest absolute Gasteiger partial charge is 0.493 e. The summed E-state index contributed by atoms with van der Waals surface area (Å²) in [4.78, 5) is 28.4. The molecule has 1 unspecified atom stereocenters. The van der Waals surface area contributed by atoms with Gasteiger partial charge in [-0.3, -0.25) is 13.9 Å². The molecule has 0 bridgehead atoms. The number of ether oxygens (including phenoxy) is 2. The molecular formula is C31H38ClN3O6S. The number of sulfonamides is 1. The molecule has 3 aromatic carbocycles. The summed E-state index contributed by atoms with van der Waals surface area (Å²) in [7, 11) is -1.42. The molecule has 0 saturated carbocycles. The number of hydrogen-bond acceptors (Lipinski definition) is 6. The SMILES string of the molecule is COc1ccc(S(=O)(=O)N(CC(=O)N(CCc2ccccc2)C(C)C(=O)NCC(C)C)c2ccc(Cl)cc2)cc1OC. The van der Waals surface area contributed by atoms with Crippen LogP contribution in [-0.4, -0.2) is 65.0 Å². The van der Waals surface area contributed by atoms with Crippen LogP contribution in [-0.2, 0) is 26.0 Å². The smallest absolute Gasteiger partial charge is 0.264 e. The quantitative estimate of drug-likeness (QED) is 0.280. The summed E-state index contributed by atoms with van der Waals surface area (Å²) >= 11 is 6.09. The van der Waals surface area contributed by atoms with Crippen LogP contribution in [0.4, 0.5) is 5.69 Å². The minimum absolute atomic E-state index is 0.0959. The third-order valence-corrected chi connectivity index (χ3v) is 8.69. The van der Waals surface area contributed by atoms with Crippen molar-refractivity contribution in [3.05, 3.63) is 83.4 Å². The molecule has 0 spiro atoms. The molecule has 1 N–H and O–H groups in total. The second kappa shape index (κ2) is 14.9. The molecule has 9 nitrogen and oxygen atoms in total. The van der Waals surface area contributed by atoms with Crippen LogP contribution in [0.1, 0.15) is 26.3 Å². The van der Waals surface area contributed by atoms with Gasteiger partial charge < -0.3 is 19.7 Å². The van der Waals surface area contributed by atoms with Gasteiger partial charge in [-0.25, -0.2) is 8.42 Å². The molecule has 3 aromatic rings. The van der Waals surface area contributed by atoms with Gasteiger partial charge in [-0.2, -0.15) is 0 Å². The maximum absolute atomic E-state index is 14.1. The standard InChI is InChI=1S/C31H38ClN3O6S/c1-22(2)20-33-31(37)23(3)34(18-17-24-9-7-6-8-10-24)30(36)21-35(26-13-11-25(32)12-14-26)42(38,39)27-15-16-28(40-4)29(19-27)41-5/h6-16,19,22-23H,17-18,20-21H2,1-5H3,(H,33,37). The number of methoxy groups -OCH3 is 2. The summed E-state index contributed by atoms with van der Waals surface area (Å²) in [5.41, 5.74) is 1.22. The van der Waals surface area contributed by atoms with Crippen LogP contribution in [0.15, 0.2) is 77.7 Å². The Labute approximate surface area is 253 Å². The van der Waals surface area contributed by atoms with Crippen molar-refractivity contribution in [1.29, 1.82) is 0 Å². The zero-order chi connectivity index (χ0) is 30.9. The van der Waals surface area contributed by atoms with Crippen LogP contribution in [0.25, 0.3) is 0 Å². The first-order valence-corrected chi connectivity index (χ1v) is 15.4. The van der Waals surface area contributed by atoms with Crippen molar-refractivity contribution in [1.82, 2.24) is 10.2 Å². The minimum Gasteiger partial charge on any atom is -0.493 e. The fourth-order valence-corrected chi connectivity index (χ4v) is 5.82. The highest BCUT2D eigenvalue weighted by Crippen LogP contribution is 2.32. The summed E-state index contributed by atoms with van der Waals surface area (Å²) < 4.78 is 39.7. The lowest BCUT2D eigenvalue weighted by Crippen LogP contribution is -2.52. The van der Waals surface area contributed by atoms with Crippen molar-refractivity contribution >= 4 is 39.1 Å². The molecular weight excluding hydrogens is 578 g/mol. The number of benzene rings is 3. The van der Waals surface area contributed by atoms with Crippen molar-refractivity contribution in [2.24, 2.45) is 5.92 Å². The van der Waals surface area contributed by atoms with E-state index in [9.17, 15) is 18.0 Å². The number of amides is 2. The average Bonchev–Trinajstić information content (AvgIpc) is 2.99. The van der Waals surface area contributed by atoms with Crippen molar-refractivity contribution in [3.63, 3.8) is 0 Å². The van der Waals surface area contributed by atoms with Crippen LogP contribution >= 0.6 is 11.6 Å². The molecule has 0 saturated heterocycles. The number of rotatable bonds is 14. The minimum atomic E-state index is -4.28. The average molecular weight is 616 g/mol. The van der Waals surface area contributed by atoms with Crippen LogP contribution < -0.4 is 19.1 Å². The highest BCUT2D eigenvalue weighted by Gasteiger charge is 2.33. The Balaban J connectivity index is 2.00. The number of anilines is 1. The van der Waals surface area contributed by atoms with Crippen LogP contribution in [0.5, 0.6) is 11.5 Å². The first-order chi connectivity index (χ1) is 20.0. The Morgan fingerprint density at radius 2 is 1.55 bits per heavy atom. The molecule has 0 aromatic heterocycles. The van der Waals surface area contributed by atoms with Gasteiger partial charge in [0.05, 0.1) is 24.8 Å². The molecule has 2 amide bonds. The van der Waals surface area contributed by atoms with Gasteiger partial charge in [0, 0.05) is 24.2 Å². The zero-order valence-corrected chi connectivity index (χ0v) is 26.1. The van der Waals surface area contributed by atoms with Gasteiger partial charge >= 0.3 is 0 Å². The molecule has 0 fully saturated rings. The van der Waals surface area contributed by atoms with Gasteiger partial charge in [0.15, 0.2) is 11.5 Å². The van der Waals surface area contributed by atoms with Crippen LogP contribution in [0.3, 0.4) is 0 Å². The summed E-state index contributed by atoms with van der Waals surface area (Å²) in [6, 6.07) is 19.1. The van der Waals surface area contributed by atoms with Gasteiger partial charge in [0.1, 0.15) is 12.6 Å². The summed E-state index contributed by atoms with van der Waals surface area (Å²) in [5, 5.41) is 3.29. The Kier molecular flexibility index (Phi) is 11.6. The molecule has 42 heavy (non-hydrogen) atoms. The predicted molar refractivity (Wildman–Crippen MR) is 165 cm³/mol. The highest BCUT2D eigenvalue weighted by atomic mass is 35.5. The monoisotopic (exact) mass is 615 g/mol. The number of nitrogens with one attached hydrogen (secondary N) is 1. The van der Waals surface area contributed by atoms with E-state index in [-0.39, 0.29) is 34.7 Å². The molecule has 226 valence electrons. The van der Waals surface area contributed by atoms with E-state index in [1.807, 2.05) is 44.2 Å². The molecule has 0 aliphatic carbocycles. The predicted octanol–water partition coefficient (Wildman–Crippen LogP) is 4.78. The lowest BCUT2D eigenvalue weighted by molar-refractivity contribution is -0.138. The first-order valence-electron chi connectivity index (χ1n) is 13.6. The van der Waals surface area contributed by atoms with E-state index in [4.69, 9.17) is 21.1 Å². The fraction of sp³-hybridized carbons (Fsp3) is 0.355. The second-order valence-corrected chi connectivity index (χ2v) is 12.4. The van der Waals surface area contributed by atoms with E-state index in [0.29, 0.717) is 23.7 Å². The van der Waals surface area contributed by atoms with E-state index < -0.39 is 28.5 Å². The summed E-state index contributed by atoms with van der Waals surface area (Å²) in [5.74, 6) is -0.0375. The lowest BCUT2D eigenvalue weighted by atomic mass is 10.1. The number of hydrogen-bond donors (Lipinski definition) is 1. The number of carbonyl (C=O) groups is 2. The molecule has 11 heteroatoms. The Hall–Kier alpha value is -3.76. The Morgan fingerprint density at radius 1 is 0.905 bits per heavy atom. The first kappa shape index (κ1) is 32.8. The van der Waals surface area contributed by atoms with Gasteiger partial charge in [-0.1, -0.05) is 55.8 Å². The maximum Gasteiger partial charge on any atom is 0.264 e. The van der Waals surface area contributed by atoms with E-state index in [1.54, 1.807) is 19.1 Å². The van der Waals surface area contributed by atoms with Gasteiger partial charge in [-0.15, -0.1) is 0 Å². The van der Waals surface area contributed by atoms with E-state index >= 15 is 0 Å². The molecule has 0 aliphatic rings. The van der Waals surface area contributed by atoms with Crippen molar-refractivity contribution in [2.75, 3.05) is 38.2 Å². The van der Waals surface area contributed by atoms with Gasteiger partial charge in [0.25, 0.3) is 10.0 Å². The third-order valence-electron chi connectivity index (χ3n) is 6.67. The van der Waals surface area contributed by atoms with Crippen molar-refractivity contribution < 1.29 is 27.5 Å². The zero-order valence-electron chi connectivity index (χ0n) is 24.5. The molecule has 0 aliphatic heterocycles. The molecule has 3 rings (SSSR count). The van der Waals surface area contributed by atoms with Crippen LogP contribution in [0, 0.1) is 5.92 Å². The van der Waals surface area contributed by atoms with E-state index in [2.05, 4.69) is 5.32 Å². The van der Waals surface area contributed by atoms with Gasteiger partial charge in [-0.05, 0) is 61.2 Å². The fourth-order valence-electron chi connectivity index (χ4n) is 4.26. The van der Waals surface area contributed by atoms with E-state index in [1.165, 1.54) is 49.5 Å². The third kappa shape index (κ3) is 8.39. The Bertz CT molecular complexity index is 1450. The normalized spacial score (nSPS) is 12.0. The van der Waals surface area contributed by atoms with Crippen molar-refractivity contribution in [2.45, 2.75) is 38.1 Å².